The average Bonchev–Trinajstić information content (AvgIpc) is 2.58. The van der Waals surface area contributed by atoms with E-state index in [9.17, 15) is 4.79 Å². The number of benzene rings is 1. The number of carbonyl (C=O) groups is 1. The van der Waals surface area contributed by atoms with Crippen LogP contribution >= 0.6 is 0 Å². The van der Waals surface area contributed by atoms with E-state index in [2.05, 4.69) is 24.5 Å². The van der Waals surface area contributed by atoms with Crippen molar-refractivity contribution in [2.45, 2.75) is 65.1 Å². The minimum atomic E-state index is -0.195. The molecule has 0 saturated heterocycles. The van der Waals surface area contributed by atoms with Crippen LogP contribution < -0.4 is 15.4 Å². The zero-order valence-corrected chi connectivity index (χ0v) is 15.6. The number of carbonyl (C=O) groups excluding carboxylic acids is 1. The molecule has 0 radical (unpaired) electrons. The molecule has 2 rings (SSSR count). The number of amides is 1. The van der Waals surface area contributed by atoms with Crippen LogP contribution in [0.3, 0.4) is 0 Å². The average molecular weight is 332 g/mol. The van der Waals surface area contributed by atoms with Crippen LogP contribution in [0.1, 0.15) is 58.6 Å². The fourth-order valence-corrected chi connectivity index (χ4v) is 3.65. The first-order valence-corrected chi connectivity index (χ1v) is 9.13. The summed E-state index contributed by atoms with van der Waals surface area (Å²) < 4.78 is 5.39. The van der Waals surface area contributed by atoms with E-state index in [1.807, 2.05) is 38.1 Å². The fraction of sp³-hybridized carbons (Fsp3) is 0.650. The quantitative estimate of drug-likeness (QED) is 0.835. The maximum Gasteiger partial charge on any atom is 0.237 e. The largest absolute Gasteiger partial charge is 0.496 e. The van der Waals surface area contributed by atoms with Crippen molar-refractivity contribution in [1.82, 2.24) is 10.6 Å². The van der Waals surface area contributed by atoms with Crippen molar-refractivity contribution in [2.24, 2.45) is 11.8 Å². The highest BCUT2D eigenvalue weighted by Crippen LogP contribution is 2.30. The van der Waals surface area contributed by atoms with Crippen molar-refractivity contribution in [1.29, 1.82) is 0 Å². The molecule has 0 heterocycles. The third-order valence-electron chi connectivity index (χ3n) is 5.53. The van der Waals surface area contributed by atoms with Crippen LogP contribution in [0.15, 0.2) is 24.3 Å². The Morgan fingerprint density at radius 3 is 2.62 bits per heavy atom. The molecular weight excluding hydrogens is 300 g/mol. The Bertz CT molecular complexity index is 546. The molecule has 4 heteroatoms. The Morgan fingerprint density at radius 1 is 1.21 bits per heavy atom. The first kappa shape index (κ1) is 18.8. The SMILES string of the molecule is COc1ccccc1C(C)NC(=O)C(C)NC1CCCC(C)C1C. The maximum absolute atomic E-state index is 12.6. The maximum atomic E-state index is 12.6. The molecule has 1 fully saturated rings. The van der Waals surface area contributed by atoms with Crippen molar-refractivity contribution < 1.29 is 9.53 Å². The van der Waals surface area contributed by atoms with Gasteiger partial charge in [0.1, 0.15) is 5.75 Å². The summed E-state index contributed by atoms with van der Waals surface area (Å²) in [6.45, 7) is 8.56. The lowest BCUT2D eigenvalue weighted by atomic mass is 9.78. The Morgan fingerprint density at radius 2 is 1.92 bits per heavy atom. The number of methoxy groups -OCH3 is 1. The van der Waals surface area contributed by atoms with Gasteiger partial charge in [0, 0.05) is 11.6 Å². The molecule has 1 aliphatic rings. The molecule has 0 aromatic heterocycles. The molecule has 1 saturated carbocycles. The number of para-hydroxylation sites is 1. The number of nitrogens with one attached hydrogen (secondary N) is 2. The lowest BCUT2D eigenvalue weighted by Gasteiger charge is -2.36. The summed E-state index contributed by atoms with van der Waals surface area (Å²) in [5, 5.41) is 6.65. The van der Waals surface area contributed by atoms with Crippen LogP contribution in [0, 0.1) is 11.8 Å². The summed E-state index contributed by atoms with van der Waals surface area (Å²) in [6.07, 6.45) is 3.70. The summed E-state index contributed by atoms with van der Waals surface area (Å²) in [7, 11) is 1.66. The van der Waals surface area contributed by atoms with Crippen molar-refractivity contribution in [3.05, 3.63) is 29.8 Å². The summed E-state index contributed by atoms with van der Waals surface area (Å²) in [4.78, 5) is 12.6. The van der Waals surface area contributed by atoms with Gasteiger partial charge in [-0.25, -0.2) is 0 Å². The Kier molecular flexibility index (Phi) is 6.67. The molecule has 1 aromatic rings. The van der Waals surface area contributed by atoms with Gasteiger partial charge in [-0.2, -0.15) is 0 Å². The van der Waals surface area contributed by atoms with Crippen molar-refractivity contribution in [3.8, 4) is 5.75 Å². The lowest BCUT2D eigenvalue weighted by molar-refractivity contribution is -0.123. The second kappa shape index (κ2) is 8.52. The zero-order chi connectivity index (χ0) is 17.7. The van der Waals surface area contributed by atoms with E-state index in [4.69, 9.17) is 4.74 Å². The first-order chi connectivity index (χ1) is 11.4. The minimum absolute atomic E-state index is 0.0406. The molecule has 1 aromatic carbocycles. The Hall–Kier alpha value is -1.55. The lowest BCUT2D eigenvalue weighted by Crippen LogP contribution is -2.51. The van der Waals surface area contributed by atoms with Crippen LogP contribution in [0.25, 0.3) is 0 Å². The van der Waals surface area contributed by atoms with Crippen LogP contribution in [0.4, 0.5) is 0 Å². The van der Waals surface area contributed by atoms with Gasteiger partial charge in [0.2, 0.25) is 5.91 Å². The molecule has 5 unspecified atom stereocenters. The summed E-state index contributed by atoms with van der Waals surface area (Å²) in [5.41, 5.74) is 1.00. The van der Waals surface area contributed by atoms with E-state index in [-0.39, 0.29) is 18.0 Å². The van der Waals surface area contributed by atoms with Crippen molar-refractivity contribution >= 4 is 5.91 Å². The van der Waals surface area contributed by atoms with Gasteiger partial charge >= 0.3 is 0 Å². The summed E-state index contributed by atoms with van der Waals surface area (Å²) in [6, 6.07) is 7.97. The van der Waals surface area contributed by atoms with Gasteiger partial charge in [0.15, 0.2) is 0 Å². The van der Waals surface area contributed by atoms with Crippen LogP contribution in [-0.2, 0) is 4.79 Å². The molecule has 24 heavy (non-hydrogen) atoms. The van der Waals surface area contributed by atoms with Gasteiger partial charge in [-0.15, -0.1) is 0 Å². The van der Waals surface area contributed by atoms with E-state index in [1.54, 1.807) is 7.11 Å². The van der Waals surface area contributed by atoms with E-state index in [0.717, 1.165) is 23.7 Å². The molecular formula is C20H32N2O2. The second-order valence-electron chi connectivity index (χ2n) is 7.23. The monoisotopic (exact) mass is 332 g/mol. The van der Waals surface area contributed by atoms with E-state index in [1.165, 1.54) is 12.8 Å². The van der Waals surface area contributed by atoms with Gasteiger partial charge < -0.3 is 15.4 Å². The van der Waals surface area contributed by atoms with E-state index < -0.39 is 0 Å². The van der Waals surface area contributed by atoms with Gasteiger partial charge in [0.05, 0.1) is 19.2 Å². The van der Waals surface area contributed by atoms with Gasteiger partial charge in [-0.3, -0.25) is 4.79 Å². The second-order valence-corrected chi connectivity index (χ2v) is 7.23. The van der Waals surface area contributed by atoms with E-state index in [0.29, 0.717) is 12.0 Å². The van der Waals surface area contributed by atoms with Crippen molar-refractivity contribution in [3.63, 3.8) is 0 Å². The topological polar surface area (TPSA) is 50.4 Å². The highest BCUT2D eigenvalue weighted by atomic mass is 16.5. The summed E-state index contributed by atoms with van der Waals surface area (Å²) >= 11 is 0. The predicted octanol–water partition coefficient (Wildman–Crippen LogP) is 3.68. The first-order valence-electron chi connectivity index (χ1n) is 9.13. The Labute approximate surface area is 146 Å². The fourth-order valence-electron chi connectivity index (χ4n) is 3.65. The molecule has 4 nitrogen and oxygen atoms in total. The third kappa shape index (κ3) is 4.50. The normalized spacial score (nSPS) is 26.5. The predicted molar refractivity (Wildman–Crippen MR) is 98.1 cm³/mol. The third-order valence-corrected chi connectivity index (χ3v) is 5.53. The standard InChI is InChI=1S/C20H32N2O2/c1-13-9-8-11-18(14(13)2)21-16(4)20(23)22-15(3)17-10-6-7-12-19(17)24-5/h6-7,10,12-16,18,21H,8-9,11H2,1-5H3,(H,22,23). The van der Waals surface area contributed by atoms with Gasteiger partial charge in [0.25, 0.3) is 0 Å². The minimum Gasteiger partial charge on any atom is -0.496 e. The van der Waals surface area contributed by atoms with Gasteiger partial charge in [-0.1, -0.05) is 44.9 Å². The molecule has 0 spiro atoms. The molecule has 1 amide bonds. The highest BCUT2D eigenvalue weighted by molar-refractivity contribution is 5.81. The van der Waals surface area contributed by atoms with Crippen LogP contribution in [0.5, 0.6) is 5.75 Å². The van der Waals surface area contributed by atoms with Crippen molar-refractivity contribution in [2.75, 3.05) is 7.11 Å². The molecule has 1 aliphatic carbocycles. The molecule has 0 aliphatic heterocycles. The number of rotatable bonds is 6. The molecule has 2 N–H and O–H groups in total. The number of hydrogen-bond acceptors (Lipinski definition) is 3. The Balaban J connectivity index is 1.93. The number of hydrogen-bond donors (Lipinski definition) is 2. The van der Waals surface area contributed by atoms with Crippen LogP contribution in [-0.4, -0.2) is 25.1 Å². The molecule has 5 atom stereocenters. The van der Waals surface area contributed by atoms with Crippen LogP contribution in [0.2, 0.25) is 0 Å². The van der Waals surface area contributed by atoms with E-state index >= 15 is 0 Å². The van der Waals surface area contributed by atoms with Gasteiger partial charge in [-0.05, 0) is 38.2 Å². The zero-order valence-electron chi connectivity index (χ0n) is 15.6. The molecule has 134 valence electrons. The molecule has 0 bridgehead atoms. The summed E-state index contributed by atoms with van der Waals surface area (Å²) in [5.74, 6) is 2.18. The smallest absolute Gasteiger partial charge is 0.237 e. The number of ether oxygens (including phenoxy) is 1. The highest BCUT2D eigenvalue weighted by Gasteiger charge is 2.29.